The van der Waals surface area contributed by atoms with Crippen molar-refractivity contribution >= 4 is 15.9 Å². The zero-order valence-electron chi connectivity index (χ0n) is 14.8. The van der Waals surface area contributed by atoms with Crippen LogP contribution in [0.2, 0.25) is 0 Å². The Morgan fingerprint density at radius 2 is 2.15 bits per heavy atom. The zero-order chi connectivity index (χ0) is 18.7. The molecule has 0 saturated carbocycles. The van der Waals surface area contributed by atoms with E-state index in [1.54, 1.807) is 4.68 Å². The Bertz CT molecular complexity index is 908. The summed E-state index contributed by atoms with van der Waals surface area (Å²) >= 11 is 0. The minimum atomic E-state index is -3.22. The predicted octanol–water partition coefficient (Wildman–Crippen LogP) is 0.331. The van der Waals surface area contributed by atoms with Gasteiger partial charge in [-0.2, -0.15) is 9.40 Å². The van der Waals surface area contributed by atoms with Gasteiger partial charge in [-0.3, -0.25) is 9.48 Å². The Morgan fingerprint density at radius 3 is 2.88 bits per heavy atom. The molecule has 0 radical (unpaired) electrons. The topological polar surface area (TPSA) is 110 Å². The zero-order valence-corrected chi connectivity index (χ0v) is 15.7. The summed E-state index contributed by atoms with van der Waals surface area (Å²) in [5, 5.41) is 7.28. The molecule has 0 saturated heterocycles. The highest BCUT2D eigenvalue weighted by Gasteiger charge is 2.24. The normalized spacial score (nSPS) is 14.8. The molecule has 0 spiro atoms. The van der Waals surface area contributed by atoms with E-state index >= 15 is 0 Å². The van der Waals surface area contributed by atoms with Crippen LogP contribution in [0, 0.1) is 0 Å². The van der Waals surface area contributed by atoms with Crippen molar-refractivity contribution in [3.05, 3.63) is 41.2 Å². The second kappa shape index (κ2) is 7.50. The first-order valence-corrected chi connectivity index (χ1v) is 10.3. The van der Waals surface area contributed by atoms with Crippen molar-refractivity contribution in [1.82, 2.24) is 29.4 Å². The summed E-state index contributed by atoms with van der Waals surface area (Å²) in [5.74, 6) is -0.238. The lowest BCUT2D eigenvalue weighted by Crippen LogP contribution is -2.37. The van der Waals surface area contributed by atoms with Gasteiger partial charge in [-0.25, -0.2) is 18.4 Å². The summed E-state index contributed by atoms with van der Waals surface area (Å²) in [6, 6.07) is 1.83. The number of carbonyl (C=O) groups excluding carboxylic acids is 1. The highest BCUT2D eigenvalue weighted by Crippen LogP contribution is 2.16. The Kier molecular flexibility index (Phi) is 5.33. The molecule has 0 aliphatic carbocycles. The first kappa shape index (κ1) is 18.5. The van der Waals surface area contributed by atoms with Gasteiger partial charge in [0, 0.05) is 12.7 Å². The molecule has 1 aliphatic rings. The van der Waals surface area contributed by atoms with Crippen molar-refractivity contribution in [3.8, 4) is 0 Å². The van der Waals surface area contributed by atoms with E-state index in [2.05, 4.69) is 20.4 Å². The minimum Gasteiger partial charge on any atom is -0.346 e. The lowest BCUT2D eigenvalue weighted by Gasteiger charge is -2.25. The second-order valence-electron chi connectivity index (χ2n) is 6.26. The number of carbonyl (C=O) groups is 1. The maximum atomic E-state index is 12.4. The molecular weight excluding hydrogens is 356 g/mol. The smallest absolute Gasteiger partial charge is 0.255 e. The highest BCUT2D eigenvalue weighted by molar-refractivity contribution is 7.88. The standard InChI is InChI=1S/C16H22N6O3S/c1-3-4-15-14(9-17-11-19-15)16(23)18-8-12-7-13-10-21(26(2,24)25)5-6-22(13)20-12/h7,9,11H,3-6,8,10H2,1-2H3,(H,18,23). The molecular formula is C16H22N6O3S. The molecule has 10 heteroatoms. The van der Waals surface area contributed by atoms with Crippen LogP contribution in [-0.2, 0) is 36.1 Å². The molecule has 0 fully saturated rings. The number of rotatable bonds is 6. The van der Waals surface area contributed by atoms with Crippen LogP contribution in [0.15, 0.2) is 18.6 Å². The number of amides is 1. The number of sulfonamides is 1. The third-order valence-corrected chi connectivity index (χ3v) is 5.49. The molecule has 3 heterocycles. The number of fused-ring (bicyclic) bond motifs is 1. The molecule has 26 heavy (non-hydrogen) atoms. The summed E-state index contributed by atoms with van der Waals surface area (Å²) in [5.41, 5.74) is 2.72. The molecule has 2 aromatic heterocycles. The van der Waals surface area contributed by atoms with Crippen molar-refractivity contribution < 1.29 is 13.2 Å². The van der Waals surface area contributed by atoms with Gasteiger partial charge in [0.1, 0.15) is 6.33 Å². The van der Waals surface area contributed by atoms with Crippen molar-refractivity contribution in [2.24, 2.45) is 0 Å². The minimum absolute atomic E-state index is 0.238. The van der Waals surface area contributed by atoms with Gasteiger partial charge in [0.25, 0.3) is 5.91 Å². The van der Waals surface area contributed by atoms with Gasteiger partial charge in [-0.1, -0.05) is 13.3 Å². The Labute approximate surface area is 152 Å². The molecule has 1 N–H and O–H groups in total. The van der Waals surface area contributed by atoms with Crippen molar-refractivity contribution in [3.63, 3.8) is 0 Å². The fourth-order valence-electron chi connectivity index (χ4n) is 2.92. The predicted molar refractivity (Wildman–Crippen MR) is 94.7 cm³/mol. The second-order valence-corrected chi connectivity index (χ2v) is 8.24. The maximum Gasteiger partial charge on any atom is 0.255 e. The number of hydrogen-bond acceptors (Lipinski definition) is 6. The van der Waals surface area contributed by atoms with E-state index in [1.165, 1.54) is 23.1 Å². The number of hydrogen-bond donors (Lipinski definition) is 1. The van der Waals surface area contributed by atoms with Crippen molar-refractivity contribution in [2.75, 3.05) is 12.8 Å². The SMILES string of the molecule is CCCc1ncncc1C(=O)NCc1cc2n(n1)CCN(S(C)(=O)=O)C2. The summed E-state index contributed by atoms with van der Waals surface area (Å²) < 4.78 is 26.6. The number of aryl methyl sites for hydroxylation is 1. The summed E-state index contributed by atoms with van der Waals surface area (Å²) in [7, 11) is -3.22. The molecule has 2 aromatic rings. The molecule has 0 aromatic carbocycles. The molecule has 140 valence electrons. The Morgan fingerprint density at radius 1 is 1.35 bits per heavy atom. The first-order chi connectivity index (χ1) is 12.4. The van der Waals surface area contributed by atoms with Gasteiger partial charge >= 0.3 is 0 Å². The highest BCUT2D eigenvalue weighted by atomic mass is 32.2. The lowest BCUT2D eigenvalue weighted by atomic mass is 10.1. The molecule has 3 rings (SSSR count). The average molecular weight is 378 g/mol. The number of nitrogens with zero attached hydrogens (tertiary/aromatic N) is 5. The van der Waals surface area contributed by atoms with Gasteiger partial charge in [-0.15, -0.1) is 0 Å². The van der Waals surface area contributed by atoms with Crippen LogP contribution in [0.5, 0.6) is 0 Å². The summed E-state index contributed by atoms with van der Waals surface area (Å²) in [6.07, 6.45) is 5.78. The van der Waals surface area contributed by atoms with Gasteiger partial charge in [0.15, 0.2) is 0 Å². The van der Waals surface area contributed by atoms with Gasteiger partial charge in [0.05, 0.1) is 48.5 Å². The molecule has 1 aliphatic heterocycles. The molecule has 0 bridgehead atoms. The van der Waals surface area contributed by atoms with E-state index < -0.39 is 10.0 Å². The van der Waals surface area contributed by atoms with E-state index in [4.69, 9.17) is 0 Å². The van der Waals surface area contributed by atoms with Gasteiger partial charge < -0.3 is 5.32 Å². The van der Waals surface area contributed by atoms with Crippen LogP contribution < -0.4 is 5.32 Å². The van der Waals surface area contributed by atoms with Crippen LogP contribution in [-0.4, -0.2) is 51.2 Å². The van der Waals surface area contributed by atoms with E-state index in [9.17, 15) is 13.2 Å². The lowest BCUT2D eigenvalue weighted by molar-refractivity contribution is 0.0948. The maximum absolute atomic E-state index is 12.4. The largest absolute Gasteiger partial charge is 0.346 e. The van der Waals surface area contributed by atoms with Crippen molar-refractivity contribution in [2.45, 2.75) is 39.4 Å². The van der Waals surface area contributed by atoms with Crippen LogP contribution >= 0.6 is 0 Å². The van der Waals surface area contributed by atoms with Crippen LogP contribution in [0.1, 0.15) is 40.8 Å². The summed E-state index contributed by atoms with van der Waals surface area (Å²) in [6.45, 7) is 3.49. The Balaban J connectivity index is 1.67. The number of nitrogens with one attached hydrogen (secondary N) is 1. The van der Waals surface area contributed by atoms with E-state index in [0.717, 1.165) is 17.8 Å². The fraction of sp³-hybridized carbons (Fsp3) is 0.500. The van der Waals surface area contributed by atoms with E-state index in [0.29, 0.717) is 37.3 Å². The molecule has 1 amide bonds. The number of aromatic nitrogens is 4. The first-order valence-electron chi connectivity index (χ1n) is 8.46. The third kappa shape index (κ3) is 4.07. The average Bonchev–Trinajstić information content (AvgIpc) is 3.02. The monoisotopic (exact) mass is 378 g/mol. The molecule has 0 atom stereocenters. The fourth-order valence-corrected chi connectivity index (χ4v) is 3.70. The van der Waals surface area contributed by atoms with Crippen molar-refractivity contribution in [1.29, 1.82) is 0 Å². The van der Waals surface area contributed by atoms with Crippen LogP contribution in [0.25, 0.3) is 0 Å². The van der Waals surface area contributed by atoms with Crippen LogP contribution in [0.4, 0.5) is 0 Å². The third-order valence-electron chi connectivity index (χ3n) is 4.24. The van der Waals surface area contributed by atoms with Crippen LogP contribution in [0.3, 0.4) is 0 Å². The quantitative estimate of drug-likeness (QED) is 0.776. The van der Waals surface area contributed by atoms with E-state index in [-0.39, 0.29) is 12.5 Å². The summed E-state index contributed by atoms with van der Waals surface area (Å²) in [4.78, 5) is 20.5. The Hall–Kier alpha value is -2.33. The van der Waals surface area contributed by atoms with E-state index in [1.807, 2.05) is 13.0 Å². The van der Waals surface area contributed by atoms with Gasteiger partial charge in [0.2, 0.25) is 10.0 Å². The molecule has 0 unspecified atom stereocenters. The molecule has 9 nitrogen and oxygen atoms in total. The van der Waals surface area contributed by atoms with Gasteiger partial charge in [-0.05, 0) is 12.5 Å².